The summed E-state index contributed by atoms with van der Waals surface area (Å²) in [5.74, 6) is 0.843. The molecular formula is C22H17N5O. The Kier molecular flexibility index (Phi) is 4.84. The number of pyridine rings is 1. The van der Waals surface area contributed by atoms with Gasteiger partial charge in [0.15, 0.2) is 5.82 Å². The maximum atomic E-state index is 12.6. The summed E-state index contributed by atoms with van der Waals surface area (Å²) >= 11 is 0. The van der Waals surface area contributed by atoms with Crippen molar-refractivity contribution in [3.63, 3.8) is 0 Å². The average molecular weight is 367 g/mol. The van der Waals surface area contributed by atoms with E-state index in [1.165, 1.54) is 0 Å². The maximum Gasteiger partial charge on any atom is 0.258 e. The van der Waals surface area contributed by atoms with Crippen LogP contribution in [0, 0.1) is 6.92 Å². The van der Waals surface area contributed by atoms with Crippen LogP contribution in [0.2, 0.25) is 0 Å². The quantitative estimate of drug-likeness (QED) is 0.586. The lowest BCUT2D eigenvalue weighted by atomic mass is 10.0. The second-order valence-corrected chi connectivity index (χ2v) is 6.14. The Labute approximate surface area is 162 Å². The molecule has 0 fully saturated rings. The van der Waals surface area contributed by atoms with Gasteiger partial charge in [-0.3, -0.25) is 15.1 Å². The Morgan fingerprint density at radius 3 is 2.21 bits per heavy atom. The molecule has 6 heteroatoms. The van der Waals surface area contributed by atoms with Crippen molar-refractivity contribution in [1.82, 2.24) is 19.9 Å². The summed E-state index contributed by atoms with van der Waals surface area (Å²) in [4.78, 5) is 29.7. The van der Waals surface area contributed by atoms with Gasteiger partial charge in [0.2, 0.25) is 5.95 Å². The molecule has 6 nitrogen and oxygen atoms in total. The molecule has 1 amide bonds. The van der Waals surface area contributed by atoms with Crippen LogP contribution in [0.5, 0.6) is 0 Å². The van der Waals surface area contributed by atoms with Gasteiger partial charge in [0.1, 0.15) is 11.5 Å². The molecule has 2 heterocycles. The molecule has 0 atom stereocenters. The first-order valence-electron chi connectivity index (χ1n) is 8.80. The standard InChI is InChI=1S/C22H17N5O/c1-15-24-20(19-9-5-6-14-23-19)26-22(25-15)27-21(28)18-12-10-17(11-13-18)16-7-3-2-4-8-16/h2-14H,1H3,(H,24,25,26,27,28). The molecule has 4 rings (SSSR count). The van der Waals surface area contributed by atoms with E-state index in [0.717, 1.165) is 11.1 Å². The third-order valence-corrected chi connectivity index (χ3v) is 4.12. The molecule has 2 aromatic carbocycles. The van der Waals surface area contributed by atoms with E-state index < -0.39 is 0 Å². The molecule has 0 spiro atoms. The number of nitrogens with one attached hydrogen (secondary N) is 1. The average Bonchev–Trinajstić information content (AvgIpc) is 2.75. The number of aryl methyl sites for hydroxylation is 1. The first-order chi connectivity index (χ1) is 13.7. The van der Waals surface area contributed by atoms with Crippen molar-refractivity contribution in [3.8, 4) is 22.6 Å². The molecule has 136 valence electrons. The van der Waals surface area contributed by atoms with Crippen LogP contribution >= 0.6 is 0 Å². The molecule has 4 aromatic rings. The monoisotopic (exact) mass is 367 g/mol. The Bertz CT molecular complexity index is 1100. The molecular weight excluding hydrogens is 350 g/mol. The second kappa shape index (κ2) is 7.75. The summed E-state index contributed by atoms with van der Waals surface area (Å²) in [5, 5.41) is 2.74. The van der Waals surface area contributed by atoms with Crippen LogP contribution in [0.25, 0.3) is 22.6 Å². The van der Waals surface area contributed by atoms with Crippen molar-refractivity contribution in [1.29, 1.82) is 0 Å². The van der Waals surface area contributed by atoms with E-state index in [1.807, 2.05) is 60.7 Å². The number of benzene rings is 2. The van der Waals surface area contributed by atoms with Gasteiger partial charge >= 0.3 is 0 Å². The fourth-order valence-electron chi connectivity index (χ4n) is 2.77. The van der Waals surface area contributed by atoms with Gasteiger partial charge in [-0.25, -0.2) is 4.98 Å². The van der Waals surface area contributed by atoms with E-state index in [1.54, 1.807) is 25.3 Å². The number of nitrogens with zero attached hydrogens (tertiary/aromatic N) is 4. The van der Waals surface area contributed by atoms with E-state index in [2.05, 4.69) is 25.3 Å². The number of carbonyl (C=O) groups is 1. The lowest BCUT2D eigenvalue weighted by Gasteiger charge is -2.07. The van der Waals surface area contributed by atoms with Crippen LogP contribution < -0.4 is 5.32 Å². The van der Waals surface area contributed by atoms with Gasteiger partial charge in [0.05, 0.1) is 0 Å². The van der Waals surface area contributed by atoms with E-state index in [0.29, 0.717) is 22.9 Å². The highest BCUT2D eigenvalue weighted by atomic mass is 16.1. The van der Waals surface area contributed by atoms with Gasteiger partial charge in [-0.1, -0.05) is 48.5 Å². The minimum atomic E-state index is -0.280. The number of hydrogen-bond acceptors (Lipinski definition) is 5. The molecule has 0 aliphatic rings. The summed E-state index contributed by atoms with van der Waals surface area (Å²) in [6.45, 7) is 1.75. The van der Waals surface area contributed by atoms with E-state index >= 15 is 0 Å². The first kappa shape index (κ1) is 17.5. The fourth-order valence-corrected chi connectivity index (χ4v) is 2.77. The number of carbonyl (C=O) groups excluding carboxylic acids is 1. The number of hydrogen-bond donors (Lipinski definition) is 1. The largest absolute Gasteiger partial charge is 0.290 e. The van der Waals surface area contributed by atoms with Crippen molar-refractivity contribution in [3.05, 3.63) is 90.4 Å². The molecule has 0 bridgehead atoms. The second-order valence-electron chi connectivity index (χ2n) is 6.14. The summed E-state index contributed by atoms with van der Waals surface area (Å²) in [6, 6.07) is 22.9. The van der Waals surface area contributed by atoms with Crippen molar-refractivity contribution >= 4 is 11.9 Å². The van der Waals surface area contributed by atoms with Crippen LogP contribution in [0.1, 0.15) is 16.2 Å². The highest BCUT2D eigenvalue weighted by molar-refractivity contribution is 6.03. The fraction of sp³-hybridized carbons (Fsp3) is 0.0455. The van der Waals surface area contributed by atoms with Gasteiger partial charge in [0, 0.05) is 11.8 Å². The molecule has 0 saturated carbocycles. The van der Waals surface area contributed by atoms with Crippen molar-refractivity contribution in [2.45, 2.75) is 6.92 Å². The van der Waals surface area contributed by atoms with Crippen LogP contribution in [0.15, 0.2) is 79.0 Å². The van der Waals surface area contributed by atoms with Gasteiger partial charge in [-0.05, 0) is 42.3 Å². The Hall–Kier alpha value is -3.93. The highest BCUT2D eigenvalue weighted by Crippen LogP contribution is 2.20. The van der Waals surface area contributed by atoms with Crippen LogP contribution in [0.4, 0.5) is 5.95 Å². The normalized spacial score (nSPS) is 10.5. The van der Waals surface area contributed by atoms with Gasteiger partial charge in [-0.2, -0.15) is 9.97 Å². The molecule has 28 heavy (non-hydrogen) atoms. The summed E-state index contributed by atoms with van der Waals surface area (Å²) in [7, 11) is 0. The predicted molar refractivity (Wildman–Crippen MR) is 108 cm³/mol. The summed E-state index contributed by atoms with van der Waals surface area (Å²) < 4.78 is 0. The molecule has 1 N–H and O–H groups in total. The number of anilines is 1. The minimum absolute atomic E-state index is 0.199. The zero-order valence-electron chi connectivity index (χ0n) is 15.2. The molecule has 2 aromatic heterocycles. The molecule has 0 aliphatic heterocycles. The van der Waals surface area contributed by atoms with Gasteiger partial charge in [0.25, 0.3) is 5.91 Å². The molecule has 0 aliphatic carbocycles. The van der Waals surface area contributed by atoms with Crippen molar-refractivity contribution in [2.75, 3.05) is 5.32 Å². The third kappa shape index (κ3) is 3.91. The maximum absolute atomic E-state index is 12.6. The topological polar surface area (TPSA) is 80.7 Å². The molecule has 0 unspecified atom stereocenters. The Morgan fingerprint density at radius 2 is 1.50 bits per heavy atom. The summed E-state index contributed by atoms with van der Waals surface area (Å²) in [5.41, 5.74) is 3.29. The van der Waals surface area contributed by atoms with Gasteiger partial charge in [-0.15, -0.1) is 0 Å². The smallest absolute Gasteiger partial charge is 0.258 e. The van der Waals surface area contributed by atoms with Gasteiger partial charge < -0.3 is 0 Å². The van der Waals surface area contributed by atoms with Crippen LogP contribution in [-0.4, -0.2) is 25.8 Å². The zero-order chi connectivity index (χ0) is 19.3. The number of amides is 1. The van der Waals surface area contributed by atoms with Crippen LogP contribution in [-0.2, 0) is 0 Å². The lowest BCUT2D eigenvalue weighted by Crippen LogP contribution is -2.15. The number of aromatic nitrogens is 4. The van der Waals surface area contributed by atoms with Crippen molar-refractivity contribution < 1.29 is 4.79 Å². The summed E-state index contributed by atoms with van der Waals surface area (Å²) in [6.07, 6.45) is 1.67. The Morgan fingerprint density at radius 1 is 0.786 bits per heavy atom. The first-order valence-corrected chi connectivity index (χ1v) is 8.80. The van der Waals surface area contributed by atoms with E-state index in [4.69, 9.17) is 0 Å². The molecule has 0 saturated heterocycles. The highest BCUT2D eigenvalue weighted by Gasteiger charge is 2.12. The SMILES string of the molecule is Cc1nc(NC(=O)c2ccc(-c3ccccc3)cc2)nc(-c2ccccn2)n1. The van der Waals surface area contributed by atoms with Crippen molar-refractivity contribution in [2.24, 2.45) is 0 Å². The third-order valence-electron chi connectivity index (χ3n) is 4.12. The zero-order valence-corrected chi connectivity index (χ0v) is 15.2. The Balaban J connectivity index is 1.55. The van der Waals surface area contributed by atoms with E-state index in [9.17, 15) is 4.79 Å². The van der Waals surface area contributed by atoms with Crippen LogP contribution in [0.3, 0.4) is 0 Å². The lowest BCUT2D eigenvalue weighted by molar-refractivity contribution is 0.102. The molecule has 0 radical (unpaired) electrons. The van der Waals surface area contributed by atoms with E-state index in [-0.39, 0.29) is 11.9 Å². The number of rotatable bonds is 4. The predicted octanol–water partition coefficient (Wildman–Crippen LogP) is 4.16. The minimum Gasteiger partial charge on any atom is -0.290 e.